The molecule has 0 aliphatic carbocycles. The Kier molecular flexibility index (Phi) is 6.55. The van der Waals surface area contributed by atoms with E-state index in [0.717, 1.165) is 32.5 Å². The summed E-state index contributed by atoms with van der Waals surface area (Å²) >= 11 is 1.72. The third-order valence-corrected chi connectivity index (χ3v) is 2.79. The van der Waals surface area contributed by atoms with Crippen LogP contribution in [0.5, 0.6) is 0 Å². The molecule has 0 bridgehead atoms. The molecular weight excluding hydrogens is 208 g/mol. The highest BCUT2D eigenvalue weighted by Crippen LogP contribution is 2.03. The predicted molar refractivity (Wildman–Crippen MR) is 64.4 cm³/mol. The van der Waals surface area contributed by atoms with Gasteiger partial charge in [-0.25, -0.2) is 4.98 Å². The molecule has 0 saturated heterocycles. The highest BCUT2D eigenvalue weighted by molar-refractivity contribution is 7.09. The first-order valence-electron chi connectivity index (χ1n) is 5.49. The molecule has 0 amide bonds. The Morgan fingerprint density at radius 1 is 1.47 bits per heavy atom. The molecular formula is C11H20N2OS. The molecule has 1 heterocycles. The van der Waals surface area contributed by atoms with Crippen molar-refractivity contribution < 1.29 is 4.74 Å². The van der Waals surface area contributed by atoms with E-state index in [1.165, 1.54) is 5.01 Å². The molecule has 1 rings (SSSR count). The van der Waals surface area contributed by atoms with Crippen LogP contribution in [0.3, 0.4) is 0 Å². The summed E-state index contributed by atoms with van der Waals surface area (Å²) in [7, 11) is 0. The molecule has 15 heavy (non-hydrogen) atoms. The minimum Gasteiger partial charge on any atom is -0.379 e. The maximum Gasteiger partial charge on any atom is 0.0937 e. The lowest BCUT2D eigenvalue weighted by atomic mass is 10.4. The summed E-state index contributed by atoms with van der Waals surface area (Å²) in [5.74, 6) is 0. The molecule has 1 aromatic heterocycles. The fourth-order valence-electron chi connectivity index (χ4n) is 1.21. The minimum atomic E-state index is 0.348. The van der Waals surface area contributed by atoms with Gasteiger partial charge >= 0.3 is 0 Å². The van der Waals surface area contributed by atoms with Crippen molar-refractivity contribution >= 4 is 11.3 Å². The zero-order valence-electron chi connectivity index (χ0n) is 9.53. The monoisotopic (exact) mass is 228 g/mol. The first-order chi connectivity index (χ1) is 7.29. The zero-order chi connectivity index (χ0) is 10.9. The normalized spacial score (nSPS) is 11.1. The van der Waals surface area contributed by atoms with E-state index >= 15 is 0 Å². The van der Waals surface area contributed by atoms with Gasteiger partial charge in [-0.2, -0.15) is 0 Å². The van der Waals surface area contributed by atoms with Crippen LogP contribution < -0.4 is 5.32 Å². The van der Waals surface area contributed by atoms with Crippen LogP contribution in [-0.4, -0.2) is 30.8 Å². The molecule has 0 saturated carbocycles. The van der Waals surface area contributed by atoms with Gasteiger partial charge < -0.3 is 10.1 Å². The topological polar surface area (TPSA) is 34.1 Å². The van der Waals surface area contributed by atoms with Crippen molar-refractivity contribution in [3.05, 3.63) is 16.6 Å². The van der Waals surface area contributed by atoms with Crippen LogP contribution in [-0.2, 0) is 11.2 Å². The molecule has 0 radical (unpaired) electrons. The van der Waals surface area contributed by atoms with E-state index in [9.17, 15) is 0 Å². The van der Waals surface area contributed by atoms with Crippen molar-refractivity contribution in [2.24, 2.45) is 0 Å². The second-order valence-electron chi connectivity index (χ2n) is 3.70. The van der Waals surface area contributed by atoms with Crippen molar-refractivity contribution in [1.82, 2.24) is 10.3 Å². The molecule has 0 atom stereocenters. The number of rotatable bonds is 8. The Morgan fingerprint density at radius 2 is 2.33 bits per heavy atom. The van der Waals surface area contributed by atoms with Crippen LogP contribution >= 0.6 is 11.3 Å². The first-order valence-corrected chi connectivity index (χ1v) is 6.37. The highest BCUT2D eigenvalue weighted by atomic mass is 32.1. The number of aromatic nitrogens is 1. The second-order valence-corrected chi connectivity index (χ2v) is 4.68. The molecule has 86 valence electrons. The lowest BCUT2D eigenvalue weighted by molar-refractivity contribution is 0.0771. The van der Waals surface area contributed by atoms with Crippen molar-refractivity contribution in [2.45, 2.75) is 32.8 Å². The molecule has 0 unspecified atom stereocenters. The molecule has 3 nitrogen and oxygen atoms in total. The van der Waals surface area contributed by atoms with Crippen molar-refractivity contribution in [2.75, 3.05) is 19.7 Å². The fraction of sp³-hybridized carbons (Fsp3) is 0.727. The number of hydrogen-bond donors (Lipinski definition) is 1. The molecule has 1 N–H and O–H groups in total. The summed E-state index contributed by atoms with van der Waals surface area (Å²) in [4.78, 5) is 4.23. The van der Waals surface area contributed by atoms with E-state index in [4.69, 9.17) is 4.74 Å². The Labute approximate surface area is 95.9 Å². The quantitative estimate of drug-likeness (QED) is 0.692. The van der Waals surface area contributed by atoms with Gasteiger partial charge in [0.2, 0.25) is 0 Å². The Bertz CT molecular complexity index is 237. The number of thiazole rings is 1. The fourth-order valence-corrected chi connectivity index (χ4v) is 1.83. The number of hydrogen-bond acceptors (Lipinski definition) is 4. The van der Waals surface area contributed by atoms with Crippen LogP contribution in [0.25, 0.3) is 0 Å². The summed E-state index contributed by atoms with van der Waals surface area (Å²) in [6, 6.07) is 0. The third-order valence-electron chi connectivity index (χ3n) is 1.95. The molecule has 0 fully saturated rings. The molecule has 1 aromatic rings. The first kappa shape index (κ1) is 12.6. The SMILES string of the molecule is CC(C)OCCCNCCc1nccs1. The van der Waals surface area contributed by atoms with Gasteiger partial charge in [0.05, 0.1) is 11.1 Å². The third kappa shape index (κ3) is 6.60. The Morgan fingerprint density at radius 3 is 3.00 bits per heavy atom. The molecule has 4 heteroatoms. The Balaban J connectivity index is 1.85. The zero-order valence-corrected chi connectivity index (χ0v) is 10.3. The summed E-state index contributed by atoms with van der Waals surface area (Å²) in [6.45, 7) is 7.01. The minimum absolute atomic E-state index is 0.348. The van der Waals surface area contributed by atoms with Crippen LogP contribution in [0, 0.1) is 0 Å². The average molecular weight is 228 g/mol. The average Bonchev–Trinajstić information content (AvgIpc) is 2.68. The van der Waals surface area contributed by atoms with Crippen LogP contribution in [0.2, 0.25) is 0 Å². The summed E-state index contributed by atoms with van der Waals surface area (Å²) < 4.78 is 5.44. The van der Waals surface area contributed by atoms with Crippen LogP contribution in [0.1, 0.15) is 25.3 Å². The maximum absolute atomic E-state index is 5.44. The molecule has 0 spiro atoms. The van der Waals surface area contributed by atoms with Gasteiger partial charge in [0, 0.05) is 31.1 Å². The summed E-state index contributed by atoms with van der Waals surface area (Å²) in [5, 5.41) is 6.61. The molecule has 0 aromatic carbocycles. The van der Waals surface area contributed by atoms with Crippen molar-refractivity contribution in [1.29, 1.82) is 0 Å². The van der Waals surface area contributed by atoms with Crippen LogP contribution in [0.15, 0.2) is 11.6 Å². The van der Waals surface area contributed by atoms with E-state index in [2.05, 4.69) is 24.1 Å². The molecule has 0 aliphatic heterocycles. The smallest absolute Gasteiger partial charge is 0.0937 e. The van der Waals surface area contributed by atoms with Gasteiger partial charge in [-0.15, -0.1) is 11.3 Å². The van der Waals surface area contributed by atoms with Crippen LogP contribution in [0.4, 0.5) is 0 Å². The number of nitrogens with one attached hydrogen (secondary N) is 1. The summed E-state index contributed by atoms with van der Waals surface area (Å²) in [6.07, 6.45) is 4.32. The van der Waals surface area contributed by atoms with E-state index < -0.39 is 0 Å². The van der Waals surface area contributed by atoms with Gasteiger partial charge in [-0.3, -0.25) is 0 Å². The number of nitrogens with zero attached hydrogens (tertiary/aromatic N) is 1. The molecule has 0 aliphatic rings. The van der Waals surface area contributed by atoms with Gasteiger partial charge in [0.15, 0.2) is 0 Å². The highest BCUT2D eigenvalue weighted by Gasteiger charge is 1.95. The number of ether oxygens (including phenoxy) is 1. The van der Waals surface area contributed by atoms with Gasteiger partial charge in [0.1, 0.15) is 0 Å². The van der Waals surface area contributed by atoms with E-state index in [1.807, 2.05) is 11.6 Å². The largest absolute Gasteiger partial charge is 0.379 e. The van der Waals surface area contributed by atoms with Crippen molar-refractivity contribution in [3.63, 3.8) is 0 Å². The standard InChI is InChI=1S/C11H20N2OS/c1-10(2)14-8-3-5-12-6-4-11-13-7-9-15-11/h7,9-10,12H,3-6,8H2,1-2H3. The maximum atomic E-state index is 5.44. The van der Waals surface area contributed by atoms with E-state index in [0.29, 0.717) is 6.10 Å². The second kappa shape index (κ2) is 7.79. The van der Waals surface area contributed by atoms with Gasteiger partial charge in [-0.05, 0) is 26.8 Å². The lowest BCUT2D eigenvalue weighted by Crippen LogP contribution is -2.20. The Hall–Kier alpha value is -0.450. The predicted octanol–water partition coefficient (Wildman–Crippen LogP) is 2.09. The van der Waals surface area contributed by atoms with Gasteiger partial charge in [0.25, 0.3) is 0 Å². The van der Waals surface area contributed by atoms with Gasteiger partial charge in [-0.1, -0.05) is 0 Å². The van der Waals surface area contributed by atoms with Crippen molar-refractivity contribution in [3.8, 4) is 0 Å². The van der Waals surface area contributed by atoms with E-state index in [-0.39, 0.29) is 0 Å². The lowest BCUT2D eigenvalue weighted by Gasteiger charge is -2.07. The summed E-state index contributed by atoms with van der Waals surface area (Å²) in [5.41, 5.74) is 0. The van der Waals surface area contributed by atoms with E-state index in [1.54, 1.807) is 11.3 Å².